The van der Waals surface area contributed by atoms with Crippen LogP contribution in [0.25, 0.3) is 16.8 Å². The van der Waals surface area contributed by atoms with Gasteiger partial charge in [0.15, 0.2) is 0 Å². The molecule has 0 aromatic heterocycles. The summed E-state index contributed by atoms with van der Waals surface area (Å²) in [6.45, 7) is 2.23. The molecule has 0 aliphatic carbocycles. The summed E-state index contributed by atoms with van der Waals surface area (Å²) in [6.07, 6.45) is 8.25. The maximum absolute atomic E-state index is 2.28. The summed E-state index contributed by atoms with van der Waals surface area (Å²) in [7, 11) is 0. The zero-order chi connectivity index (χ0) is 11.2. The molecule has 0 heteroatoms. The summed E-state index contributed by atoms with van der Waals surface area (Å²) < 4.78 is 0. The zero-order valence-electron chi connectivity index (χ0n) is 9.82. The molecule has 0 atom stereocenters. The molecule has 2 rings (SSSR count). The van der Waals surface area contributed by atoms with Gasteiger partial charge in [0.2, 0.25) is 0 Å². The summed E-state index contributed by atoms with van der Waals surface area (Å²) in [6, 6.07) is 15.0. The summed E-state index contributed by atoms with van der Waals surface area (Å²) in [5.74, 6) is 0. The lowest BCUT2D eigenvalue weighted by atomic mass is 10.0. The Morgan fingerprint density at radius 3 is 2.69 bits per heavy atom. The Morgan fingerprint density at radius 2 is 1.81 bits per heavy atom. The molecule has 0 nitrogen and oxygen atoms in total. The Kier molecular flexibility index (Phi) is 3.76. The molecule has 0 aliphatic heterocycles. The van der Waals surface area contributed by atoms with Crippen LogP contribution in [-0.4, -0.2) is 0 Å². The molecule has 2 aromatic rings. The van der Waals surface area contributed by atoms with E-state index in [9.17, 15) is 0 Å². The molecule has 0 bridgehead atoms. The van der Waals surface area contributed by atoms with Crippen LogP contribution in [0.1, 0.15) is 31.7 Å². The first kappa shape index (κ1) is 10.9. The van der Waals surface area contributed by atoms with E-state index in [0.29, 0.717) is 0 Å². The van der Waals surface area contributed by atoms with Gasteiger partial charge in [0.05, 0.1) is 0 Å². The van der Waals surface area contributed by atoms with E-state index in [2.05, 4.69) is 61.5 Å². The lowest BCUT2D eigenvalue weighted by Crippen LogP contribution is -1.77. The highest BCUT2D eigenvalue weighted by Crippen LogP contribution is 2.19. The molecule has 0 N–H and O–H groups in total. The highest BCUT2D eigenvalue weighted by atomic mass is 14.0. The van der Waals surface area contributed by atoms with E-state index in [1.165, 1.54) is 35.6 Å². The summed E-state index contributed by atoms with van der Waals surface area (Å²) in [5, 5.41) is 2.66. The van der Waals surface area contributed by atoms with Gasteiger partial charge in [-0.2, -0.15) is 0 Å². The maximum atomic E-state index is 2.28. The molecular weight excluding hydrogens is 192 g/mol. The lowest BCUT2D eigenvalue weighted by Gasteiger charge is -2.01. The second-order valence-corrected chi connectivity index (χ2v) is 4.11. The third-order valence-corrected chi connectivity index (χ3v) is 2.85. The minimum Gasteiger partial charge on any atom is -0.0839 e. The number of unbranched alkanes of at least 4 members (excludes halogenated alkanes) is 2. The van der Waals surface area contributed by atoms with Crippen LogP contribution in [0.5, 0.6) is 0 Å². The van der Waals surface area contributed by atoms with E-state index in [0.717, 1.165) is 0 Å². The molecule has 0 saturated carbocycles. The number of fused-ring (bicyclic) bond motifs is 1. The summed E-state index contributed by atoms with van der Waals surface area (Å²) >= 11 is 0. The van der Waals surface area contributed by atoms with Gasteiger partial charge in [0.1, 0.15) is 0 Å². The SMILES string of the molecule is CCCC/C=C\c1cccc2ccccc12. The first-order valence-corrected chi connectivity index (χ1v) is 6.06. The second-order valence-electron chi connectivity index (χ2n) is 4.11. The summed E-state index contributed by atoms with van der Waals surface area (Å²) in [4.78, 5) is 0. The molecular formula is C16H18. The van der Waals surface area contributed by atoms with Gasteiger partial charge in [-0.3, -0.25) is 0 Å². The number of rotatable bonds is 4. The summed E-state index contributed by atoms with van der Waals surface area (Å²) in [5.41, 5.74) is 1.33. The lowest BCUT2D eigenvalue weighted by molar-refractivity contribution is 0.816. The molecule has 2 aromatic carbocycles. The van der Waals surface area contributed by atoms with Gasteiger partial charge in [0.25, 0.3) is 0 Å². The monoisotopic (exact) mass is 210 g/mol. The van der Waals surface area contributed by atoms with Gasteiger partial charge in [-0.15, -0.1) is 0 Å². The number of benzene rings is 2. The predicted octanol–water partition coefficient (Wildman–Crippen LogP) is 5.04. The first-order valence-electron chi connectivity index (χ1n) is 6.06. The number of allylic oxidation sites excluding steroid dienone is 1. The van der Waals surface area contributed by atoms with Gasteiger partial charge < -0.3 is 0 Å². The Morgan fingerprint density at radius 1 is 1.00 bits per heavy atom. The van der Waals surface area contributed by atoms with Crippen LogP contribution in [0.2, 0.25) is 0 Å². The molecule has 0 unspecified atom stereocenters. The predicted molar refractivity (Wildman–Crippen MR) is 72.5 cm³/mol. The first-order chi connectivity index (χ1) is 7.92. The quantitative estimate of drug-likeness (QED) is 0.620. The fourth-order valence-corrected chi connectivity index (χ4v) is 1.93. The molecule has 16 heavy (non-hydrogen) atoms. The van der Waals surface area contributed by atoms with Crippen molar-refractivity contribution in [2.75, 3.05) is 0 Å². The van der Waals surface area contributed by atoms with Crippen LogP contribution in [0, 0.1) is 0 Å². The fraction of sp³-hybridized carbons (Fsp3) is 0.250. The van der Waals surface area contributed by atoms with Crippen LogP contribution in [0.4, 0.5) is 0 Å². The number of hydrogen-bond donors (Lipinski definition) is 0. The van der Waals surface area contributed by atoms with Crippen LogP contribution in [-0.2, 0) is 0 Å². The van der Waals surface area contributed by atoms with E-state index >= 15 is 0 Å². The highest BCUT2D eigenvalue weighted by Gasteiger charge is 1.95. The van der Waals surface area contributed by atoms with Crippen molar-refractivity contribution in [1.82, 2.24) is 0 Å². The van der Waals surface area contributed by atoms with E-state index < -0.39 is 0 Å². The standard InChI is InChI=1S/C16H18/c1-2-3-4-5-9-14-11-8-12-15-10-6-7-13-16(14)15/h5-13H,2-4H2,1H3/b9-5-. The van der Waals surface area contributed by atoms with Crippen molar-refractivity contribution in [2.24, 2.45) is 0 Å². The molecule has 0 aliphatic rings. The Balaban J connectivity index is 2.27. The van der Waals surface area contributed by atoms with E-state index in [4.69, 9.17) is 0 Å². The van der Waals surface area contributed by atoms with Crippen molar-refractivity contribution in [1.29, 1.82) is 0 Å². The van der Waals surface area contributed by atoms with Crippen molar-refractivity contribution in [3.8, 4) is 0 Å². The van der Waals surface area contributed by atoms with Crippen molar-refractivity contribution in [3.63, 3.8) is 0 Å². The van der Waals surface area contributed by atoms with Gasteiger partial charge in [-0.05, 0) is 22.8 Å². The fourth-order valence-electron chi connectivity index (χ4n) is 1.93. The van der Waals surface area contributed by atoms with Gasteiger partial charge in [-0.1, -0.05) is 74.4 Å². The minimum absolute atomic E-state index is 1.18. The smallest absolute Gasteiger partial charge is 0.0112 e. The molecule has 0 saturated heterocycles. The average Bonchev–Trinajstić information content (AvgIpc) is 2.35. The van der Waals surface area contributed by atoms with Crippen LogP contribution >= 0.6 is 0 Å². The van der Waals surface area contributed by atoms with E-state index in [-0.39, 0.29) is 0 Å². The van der Waals surface area contributed by atoms with Crippen molar-refractivity contribution < 1.29 is 0 Å². The molecule has 82 valence electrons. The molecule has 0 spiro atoms. The molecule has 0 fully saturated rings. The Bertz CT molecular complexity index is 475. The normalized spacial score (nSPS) is 11.3. The molecule has 0 amide bonds. The average molecular weight is 210 g/mol. The van der Waals surface area contributed by atoms with Crippen LogP contribution < -0.4 is 0 Å². The minimum atomic E-state index is 1.18. The third-order valence-electron chi connectivity index (χ3n) is 2.85. The maximum Gasteiger partial charge on any atom is -0.0112 e. The van der Waals surface area contributed by atoms with E-state index in [1.54, 1.807) is 0 Å². The van der Waals surface area contributed by atoms with Crippen molar-refractivity contribution >= 4 is 16.8 Å². The Labute approximate surface area is 97.6 Å². The topological polar surface area (TPSA) is 0 Å². The van der Waals surface area contributed by atoms with Gasteiger partial charge in [0, 0.05) is 0 Å². The highest BCUT2D eigenvalue weighted by molar-refractivity contribution is 5.90. The second kappa shape index (κ2) is 5.50. The van der Waals surface area contributed by atoms with Crippen molar-refractivity contribution in [3.05, 3.63) is 54.1 Å². The van der Waals surface area contributed by atoms with Crippen LogP contribution in [0.15, 0.2) is 48.5 Å². The van der Waals surface area contributed by atoms with Gasteiger partial charge in [-0.25, -0.2) is 0 Å². The number of hydrogen-bond acceptors (Lipinski definition) is 0. The van der Waals surface area contributed by atoms with Crippen molar-refractivity contribution in [2.45, 2.75) is 26.2 Å². The molecule has 0 heterocycles. The Hall–Kier alpha value is -1.56. The largest absolute Gasteiger partial charge is 0.0839 e. The van der Waals surface area contributed by atoms with Gasteiger partial charge >= 0.3 is 0 Å². The zero-order valence-corrected chi connectivity index (χ0v) is 9.82. The van der Waals surface area contributed by atoms with Crippen LogP contribution in [0.3, 0.4) is 0 Å². The third kappa shape index (κ3) is 2.52. The molecule has 0 radical (unpaired) electrons. The van der Waals surface area contributed by atoms with E-state index in [1.807, 2.05) is 0 Å².